The Morgan fingerprint density at radius 3 is 2.60 bits per heavy atom. The third kappa shape index (κ3) is 4.33. The van der Waals surface area contributed by atoms with Crippen molar-refractivity contribution < 1.29 is 18.7 Å². The highest BCUT2D eigenvalue weighted by molar-refractivity contribution is 7.18. The van der Waals surface area contributed by atoms with Crippen LogP contribution in [0.4, 0.5) is 10.7 Å². The summed E-state index contributed by atoms with van der Waals surface area (Å²) in [6.45, 7) is 5.33. The molecule has 0 saturated carbocycles. The summed E-state index contributed by atoms with van der Waals surface area (Å²) in [7, 11) is 0. The van der Waals surface area contributed by atoms with E-state index in [-0.39, 0.29) is 17.6 Å². The smallest absolute Gasteiger partial charge is 0.291 e. The van der Waals surface area contributed by atoms with Gasteiger partial charge in [-0.25, -0.2) is 0 Å². The summed E-state index contributed by atoms with van der Waals surface area (Å²) in [5.41, 5.74) is 1.06. The summed E-state index contributed by atoms with van der Waals surface area (Å²) in [6, 6.07) is 14.7. The van der Waals surface area contributed by atoms with E-state index in [1.807, 2.05) is 30.0 Å². The molecule has 0 bridgehead atoms. The number of nitrogens with one attached hydrogen (secondary N) is 1. The average Bonchev–Trinajstić information content (AvgIpc) is 3.47. The van der Waals surface area contributed by atoms with Crippen molar-refractivity contribution in [2.45, 2.75) is 6.92 Å². The molecule has 2 amide bonds. The van der Waals surface area contributed by atoms with Gasteiger partial charge < -0.3 is 24.3 Å². The van der Waals surface area contributed by atoms with Crippen molar-refractivity contribution in [2.75, 3.05) is 43.0 Å². The fourth-order valence-electron chi connectivity index (χ4n) is 3.40. The van der Waals surface area contributed by atoms with Crippen molar-refractivity contribution in [3.63, 3.8) is 0 Å². The summed E-state index contributed by atoms with van der Waals surface area (Å²) in [4.78, 5) is 29.7. The molecule has 2 aromatic heterocycles. The molecule has 1 fully saturated rings. The lowest BCUT2D eigenvalue weighted by atomic mass is 10.2. The van der Waals surface area contributed by atoms with Gasteiger partial charge in [0.2, 0.25) is 0 Å². The van der Waals surface area contributed by atoms with Gasteiger partial charge in [-0.3, -0.25) is 9.59 Å². The van der Waals surface area contributed by atoms with Crippen molar-refractivity contribution >= 4 is 33.8 Å². The number of hydrogen-bond donors (Lipinski definition) is 1. The Balaban J connectivity index is 1.36. The largest absolute Gasteiger partial charge is 0.492 e. The Labute approximate surface area is 178 Å². The number of amides is 2. The third-order valence-corrected chi connectivity index (χ3v) is 5.86. The molecule has 156 valence electrons. The number of carbonyl (C=O) groups is 2. The van der Waals surface area contributed by atoms with Gasteiger partial charge >= 0.3 is 0 Å². The maximum Gasteiger partial charge on any atom is 0.291 e. The van der Waals surface area contributed by atoms with E-state index >= 15 is 0 Å². The number of para-hydroxylation sites is 2. The van der Waals surface area contributed by atoms with Crippen LogP contribution in [0, 0.1) is 0 Å². The van der Waals surface area contributed by atoms with Gasteiger partial charge in [-0.15, -0.1) is 11.3 Å². The van der Waals surface area contributed by atoms with Crippen molar-refractivity contribution in [3.8, 4) is 5.75 Å². The normalized spacial score (nSPS) is 13.9. The molecule has 0 atom stereocenters. The third-order valence-electron chi connectivity index (χ3n) is 4.87. The standard InChI is InChI=1S/C22H23N3O4S/c1-2-28-17-7-4-3-6-16(17)24-11-13-25(14-12-24)22(27)19-9-10-20(30-19)23-21(26)18-8-5-15-29-18/h3-10,15H,2,11-14H2,1H3,(H,23,26). The maximum absolute atomic E-state index is 12.9. The lowest BCUT2D eigenvalue weighted by molar-refractivity contribution is 0.0751. The lowest BCUT2D eigenvalue weighted by Gasteiger charge is -2.36. The monoisotopic (exact) mass is 425 g/mol. The molecular weight excluding hydrogens is 402 g/mol. The number of thiophene rings is 1. The van der Waals surface area contributed by atoms with Gasteiger partial charge in [0.25, 0.3) is 11.8 Å². The van der Waals surface area contributed by atoms with E-state index < -0.39 is 0 Å². The first-order valence-corrected chi connectivity index (χ1v) is 10.7. The van der Waals surface area contributed by atoms with Crippen molar-refractivity contribution in [1.29, 1.82) is 0 Å². The van der Waals surface area contributed by atoms with Crippen molar-refractivity contribution in [2.24, 2.45) is 0 Å². The number of piperazine rings is 1. The van der Waals surface area contributed by atoms with Crippen molar-refractivity contribution in [3.05, 3.63) is 65.4 Å². The second-order valence-corrected chi connectivity index (χ2v) is 7.86. The number of benzene rings is 1. The highest BCUT2D eigenvalue weighted by Gasteiger charge is 2.25. The molecule has 0 aliphatic carbocycles. The van der Waals surface area contributed by atoms with Crippen LogP contribution in [0.2, 0.25) is 0 Å². The van der Waals surface area contributed by atoms with Crippen LogP contribution < -0.4 is 15.0 Å². The van der Waals surface area contributed by atoms with Gasteiger partial charge in [-0.2, -0.15) is 0 Å². The molecule has 1 aromatic carbocycles. The van der Waals surface area contributed by atoms with Gasteiger partial charge in [-0.1, -0.05) is 12.1 Å². The van der Waals surface area contributed by atoms with E-state index in [4.69, 9.17) is 9.15 Å². The van der Waals surface area contributed by atoms with Gasteiger partial charge in [0.1, 0.15) is 5.75 Å². The number of carbonyl (C=O) groups excluding carboxylic acids is 2. The molecule has 3 aromatic rings. The quantitative estimate of drug-likeness (QED) is 0.647. The molecule has 8 heteroatoms. The molecule has 30 heavy (non-hydrogen) atoms. The van der Waals surface area contributed by atoms with Crippen LogP contribution in [-0.2, 0) is 0 Å². The maximum atomic E-state index is 12.9. The van der Waals surface area contributed by atoms with Gasteiger partial charge in [0.15, 0.2) is 5.76 Å². The number of ether oxygens (including phenoxy) is 1. The molecule has 0 radical (unpaired) electrons. The molecule has 0 unspecified atom stereocenters. The molecule has 1 N–H and O–H groups in total. The van der Waals surface area contributed by atoms with Crippen LogP contribution in [0.5, 0.6) is 5.75 Å². The van der Waals surface area contributed by atoms with Gasteiger partial charge in [-0.05, 0) is 43.3 Å². The first-order valence-electron chi connectivity index (χ1n) is 9.86. The Bertz CT molecular complexity index is 1010. The molecule has 4 rings (SSSR count). The van der Waals surface area contributed by atoms with Crippen LogP contribution in [0.15, 0.2) is 59.2 Å². The van der Waals surface area contributed by atoms with Crippen LogP contribution in [0.3, 0.4) is 0 Å². The summed E-state index contributed by atoms with van der Waals surface area (Å²) >= 11 is 1.27. The van der Waals surface area contributed by atoms with Crippen molar-refractivity contribution in [1.82, 2.24) is 4.90 Å². The first kappa shape index (κ1) is 20.0. The minimum Gasteiger partial charge on any atom is -0.492 e. The summed E-state index contributed by atoms with van der Waals surface area (Å²) in [5.74, 6) is 0.758. The zero-order valence-corrected chi connectivity index (χ0v) is 17.5. The first-order chi connectivity index (χ1) is 14.7. The van der Waals surface area contributed by atoms with E-state index in [1.165, 1.54) is 17.6 Å². The number of anilines is 2. The fourth-order valence-corrected chi connectivity index (χ4v) is 4.27. The van der Waals surface area contributed by atoms with Crippen LogP contribution in [-0.4, -0.2) is 49.5 Å². The summed E-state index contributed by atoms with van der Waals surface area (Å²) in [6.07, 6.45) is 1.45. The zero-order chi connectivity index (χ0) is 20.9. The topological polar surface area (TPSA) is 75.0 Å². The second kappa shape index (κ2) is 9.04. The Hall–Kier alpha value is -3.26. The summed E-state index contributed by atoms with van der Waals surface area (Å²) in [5, 5.41) is 3.38. The summed E-state index contributed by atoms with van der Waals surface area (Å²) < 4.78 is 10.8. The number of rotatable bonds is 6. The van der Waals surface area contributed by atoms with E-state index in [0.717, 1.165) is 24.5 Å². The van der Waals surface area contributed by atoms with Crippen LogP contribution >= 0.6 is 11.3 Å². The second-order valence-electron chi connectivity index (χ2n) is 6.78. The Kier molecular flexibility index (Phi) is 6.04. The number of nitrogens with zero attached hydrogens (tertiary/aromatic N) is 2. The van der Waals surface area contributed by atoms with Crippen LogP contribution in [0.25, 0.3) is 0 Å². The van der Waals surface area contributed by atoms with E-state index in [1.54, 1.807) is 24.3 Å². The highest BCUT2D eigenvalue weighted by atomic mass is 32.1. The fraction of sp³-hybridized carbons (Fsp3) is 0.273. The SMILES string of the molecule is CCOc1ccccc1N1CCN(C(=O)c2ccc(NC(=O)c3ccco3)s2)CC1. The number of hydrogen-bond acceptors (Lipinski definition) is 6. The number of furan rings is 1. The van der Waals surface area contributed by atoms with E-state index in [9.17, 15) is 9.59 Å². The van der Waals surface area contributed by atoms with Crippen LogP contribution in [0.1, 0.15) is 27.2 Å². The minimum atomic E-state index is -0.331. The molecule has 0 spiro atoms. The van der Waals surface area contributed by atoms with Gasteiger partial charge in [0.05, 0.1) is 28.4 Å². The predicted molar refractivity (Wildman–Crippen MR) is 117 cm³/mol. The average molecular weight is 426 g/mol. The molecular formula is C22H23N3O4S. The molecule has 1 saturated heterocycles. The molecule has 1 aliphatic heterocycles. The predicted octanol–water partition coefficient (Wildman–Crippen LogP) is 3.95. The Morgan fingerprint density at radius 2 is 1.87 bits per heavy atom. The van der Waals surface area contributed by atoms with E-state index in [2.05, 4.69) is 16.3 Å². The van der Waals surface area contributed by atoms with Gasteiger partial charge in [0, 0.05) is 26.2 Å². The highest BCUT2D eigenvalue weighted by Crippen LogP contribution is 2.30. The minimum absolute atomic E-state index is 0.0174. The Morgan fingerprint density at radius 1 is 1.07 bits per heavy atom. The zero-order valence-electron chi connectivity index (χ0n) is 16.7. The molecule has 1 aliphatic rings. The molecule has 3 heterocycles. The molecule has 7 nitrogen and oxygen atoms in total. The lowest BCUT2D eigenvalue weighted by Crippen LogP contribution is -2.48. The van der Waals surface area contributed by atoms with E-state index in [0.29, 0.717) is 29.6 Å².